The predicted octanol–water partition coefficient (Wildman–Crippen LogP) is 2.12. The topological polar surface area (TPSA) is 36.3 Å². The summed E-state index contributed by atoms with van der Waals surface area (Å²) in [5, 5.41) is 9.42. The molecule has 0 bridgehead atoms. The normalized spacial score (nSPS) is 19.7. The highest BCUT2D eigenvalue weighted by Crippen LogP contribution is 2.22. The van der Waals surface area contributed by atoms with Gasteiger partial charge in [-0.2, -0.15) is 5.26 Å². The standard InChI is InChI=1S/C14H16F2N2O/c1-14(10-17,18-4-6-19-7-5-18)9-11-2-3-12(15)13(16)8-11/h2-3,8H,4-7,9H2,1H3. The van der Waals surface area contributed by atoms with Gasteiger partial charge in [-0.25, -0.2) is 8.78 Å². The Balaban J connectivity index is 2.17. The lowest BCUT2D eigenvalue weighted by molar-refractivity contribution is 0.00187. The number of nitrogens with zero attached hydrogens (tertiary/aromatic N) is 2. The lowest BCUT2D eigenvalue weighted by atomic mass is 9.92. The van der Waals surface area contributed by atoms with Crippen LogP contribution in [0.25, 0.3) is 0 Å². The highest BCUT2D eigenvalue weighted by molar-refractivity contribution is 5.23. The summed E-state index contributed by atoms with van der Waals surface area (Å²) in [4.78, 5) is 2.03. The van der Waals surface area contributed by atoms with E-state index in [9.17, 15) is 14.0 Å². The molecule has 0 radical (unpaired) electrons. The maximum absolute atomic E-state index is 13.2. The Bertz CT molecular complexity index is 495. The zero-order valence-electron chi connectivity index (χ0n) is 10.8. The molecular weight excluding hydrogens is 250 g/mol. The maximum Gasteiger partial charge on any atom is 0.159 e. The van der Waals surface area contributed by atoms with Gasteiger partial charge in [0.2, 0.25) is 0 Å². The third-order valence-electron chi connectivity index (χ3n) is 3.48. The van der Waals surface area contributed by atoms with Crippen LogP contribution in [0.2, 0.25) is 0 Å². The molecule has 2 rings (SSSR count). The second-order valence-corrected chi connectivity index (χ2v) is 4.91. The van der Waals surface area contributed by atoms with Gasteiger partial charge < -0.3 is 4.74 Å². The number of nitriles is 1. The number of ether oxygens (including phenoxy) is 1. The van der Waals surface area contributed by atoms with Gasteiger partial charge in [0.05, 0.1) is 19.3 Å². The van der Waals surface area contributed by atoms with Crippen molar-refractivity contribution in [2.45, 2.75) is 18.9 Å². The molecule has 0 aliphatic carbocycles. The molecule has 102 valence electrons. The average molecular weight is 266 g/mol. The molecule has 1 atom stereocenters. The molecule has 0 aromatic heterocycles. The monoisotopic (exact) mass is 266 g/mol. The minimum absolute atomic E-state index is 0.362. The molecule has 5 heteroatoms. The van der Waals surface area contributed by atoms with Crippen LogP contribution in [0, 0.1) is 23.0 Å². The molecule has 1 aromatic carbocycles. The van der Waals surface area contributed by atoms with E-state index in [-0.39, 0.29) is 0 Å². The molecule has 1 heterocycles. The molecule has 1 aliphatic rings. The van der Waals surface area contributed by atoms with E-state index in [0.29, 0.717) is 38.3 Å². The van der Waals surface area contributed by atoms with Gasteiger partial charge in [-0.3, -0.25) is 4.90 Å². The number of hydrogen-bond donors (Lipinski definition) is 0. The largest absolute Gasteiger partial charge is 0.379 e. The average Bonchev–Trinajstić information content (AvgIpc) is 2.44. The number of benzene rings is 1. The number of rotatable bonds is 3. The Hall–Kier alpha value is -1.51. The molecule has 1 aliphatic heterocycles. The second kappa shape index (κ2) is 5.64. The lowest BCUT2D eigenvalue weighted by Gasteiger charge is -2.38. The summed E-state index contributed by atoms with van der Waals surface area (Å²) in [5.41, 5.74) is -0.108. The Kier molecular flexibility index (Phi) is 4.13. The van der Waals surface area contributed by atoms with Crippen molar-refractivity contribution in [2.24, 2.45) is 0 Å². The molecule has 1 aromatic rings. The van der Waals surface area contributed by atoms with Gasteiger partial charge in [0.25, 0.3) is 0 Å². The molecule has 1 saturated heterocycles. The van der Waals surface area contributed by atoms with Crippen molar-refractivity contribution in [1.29, 1.82) is 5.26 Å². The smallest absolute Gasteiger partial charge is 0.159 e. The van der Waals surface area contributed by atoms with E-state index in [1.54, 1.807) is 0 Å². The Morgan fingerprint density at radius 3 is 2.58 bits per heavy atom. The van der Waals surface area contributed by atoms with Crippen LogP contribution in [-0.4, -0.2) is 36.7 Å². The van der Waals surface area contributed by atoms with Gasteiger partial charge in [-0.15, -0.1) is 0 Å². The predicted molar refractivity (Wildman–Crippen MR) is 66.5 cm³/mol. The summed E-state index contributed by atoms with van der Waals surface area (Å²) < 4.78 is 31.4. The van der Waals surface area contributed by atoms with Crippen molar-refractivity contribution in [1.82, 2.24) is 4.90 Å². The van der Waals surface area contributed by atoms with Crippen LogP contribution in [0.3, 0.4) is 0 Å². The molecule has 0 saturated carbocycles. The van der Waals surface area contributed by atoms with Crippen LogP contribution in [-0.2, 0) is 11.2 Å². The van der Waals surface area contributed by atoms with Gasteiger partial charge >= 0.3 is 0 Å². The fourth-order valence-corrected chi connectivity index (χ4v) is 2.33. The van der Waals surface area contributed by atoms with Crippen LogP contribution in [0.5, 0.6) is 0 Å². The van der Waals surface area contributed by atoms with Gasteiger partial charge in [0.1, 0.15) is 5.54 Å². The van der Waals surface area contributed by atoms with Gasteiger partial charge in [-0.1, -0.05) is 6.07 Å². The first kappa shape index (κ1) is 13.9. The molecule has 1 fully saturated rings. The highest BCUT2D eigenvalue weighted by atomic mass is 19.2. The van der Waals surface area contributed by atoms with E-state index in [2.05, 4.69) is 6.07 Å². The Morgan fingerprint density at radius 1 is 1.32 bits per heavy atom. The molecule has 1 unspecified atom stereocenters. The minimum atomic E-state index is -0.875. The zero-order valence-corrected chi connectivity index (χ0v) is 10.8. The van der Waals surface area contributed by atoms with E-state index < -0.39 is 17.2 Å². The Labute approximate surface area is 111 Å². The summed E-state index contributed by atoms with van der Waals surface area (Å²) in [6.45, 7) is 4.35. The van der Waals surface area contributed by atoms with Crippen molar-refractivity contribution in [3.05, 3.63) is 35.4 Å². The summed E-state index contributed by atoms with van der Waals surface area (Å²) in [7, 11) is 0. The van der Waals surface area contributed by atoms with Gasteiger partial charge in [0, 0.05) is 19.5 Å². The van der Waals surface area contributed by atoms with E-state index in [1.807, 2.05) is 11.8 Å². The van der Waals surface area contributed by atoms with E-state index in [1.165, 1.54) is 6.07 Å². The third-order valence-corrected chi connectivity index (χ3v) is 3.48. The van der Waals surface area contributed by atoms with Crippen LogP contribution in [0.4, 0.5) is 8.78 Å². The van der Waals surface area contributed by atoms with Crippen LogP contribution in [0.1, 0.15) is 12.5 Å². The first-order valence-corrected chi connectivity index (χ1v) is 6.23. The van der Waals surface area contributed by atoms with Crippen molar-refractivity contribution in [3.8, 4) is 6.07 Å². The SMILES string of the molecule is CC(C#N)(Cc1ccc(F)c(F)c1)N1CCOCC1. The van der Waals surface area contributed by atoms with E-state index >= 15 is 0 Å². The molecular formula is C14H16F2N2O. The Morgan fingerprint density at radius 2 is 2.00 bits per heavy atom. The molecule has 3 nitrogen and oxygen atoms in total. The lowest BCUT2D eigenvalue weighted by Crippen LogP contribution is -2.52. The van der Waals surface area contributed by atoms with E-state index in [4.69, 9.17) is 4.74 Å². The van der Waals surface area contributed by atoms with Crippen molar-refractivity contribution < 1.29 is 13.5 Å². The fraction of sp³-hybridized carbons (Fsp3) is 0.500. The van der Waals surface area contributed by atoms with Crippen molar-refractivity contribution in [3.63, 3.8) is 0 Å². The molecule has 0 amide bonds. The second-order valence-electron chi connectivity index (χ2n) is 4.91. The van der Waals surface area contributed by atoms with Crippen LogP contribution >= 0.6 is 0 Å². The third kappa shape index (κ3) is 3.09. The highest BCUT2D eigenvalue weighted by Gasteiger charge is 2.33. The quantitative estimate of drug-likeness (QED) is 0.840. The van der Waals surface area contributed by atoms with E-state index in [0.717, 1.165) is 12.1 Å². The maximum atomic E-state index is 13.2. The summed E-state index contributed by atoms with van der Waals surface area (Å²) in [6.07, 6.45) is 0.362. The number of morpholine rings is 1. The van der Waals surface area contributed by atoms with Crippen LogP contribution in [0.15, 0.2) is 18.2 Å². The number of hydrogen-bond acceptors (Lipinski definition) is 3. The first-order chi connectivity index (χ1) is 9.05. The fourth-order valence-electron chi connectivity index (χ4n) is 2.33. The summed E-state index contributed by atoms with van der Waals surface area (Å²) >= 11 is 0. The number of halogens is 2. The zero-order chi connectivity index (χ0) is 13.9. The molecule has 19 heavy (non-hydrogen) atoms. The minimum Gasteiger partial charge on any atom is -0.379 e. The first-order valence-electron chi connectivity index (χ1n) is 6.23. The molecule has 0 spiro atoms. The summed E-state index contributed by atoms with van der Waals surface area (Å²) in [5.74, 6) is -1.74. The molecule has 0 N–H and O–H groups in total. The van der Waals surface area contributed by atoms with Gasteiger partial charge in [-0.05, 0) is 24.6 Å². The van der Waals surface area contributed by atoms with Crippen molar-refractivity contribution in [2.75, 3.05) is 26.3 Å². The summed E-state index contributed by atoms with van der Waals surface area (Å²) in [6, 6.07) is 6.06. The van der Waals surface area contributed by atoms with Gasteiger partial charge in [0.15, 0.2) is 11.6 Å². The van der Waals surface area contributed by atoms with Crippen molar-refractivity contribution >= 4 is 0 Å². The van der Waals surface area contributed by atoms with Crippen LogP contribution < -0.4 is 0 Å².